The van der Waals surface area contributed by atoms with Crippen molar-refractivity contribution in [2.75, 3.05) is 6.61 Å². The van der Waals surface area contributed by atoms with Crippen LogP contribution in [0.5, 0.6) is 0 Å². The van der Waals surface area contributed by atoms with Gasteiger partial charge in [0.15, 0.2) is 0 Å². The Morgan fingerprint density at radius 3 is 2.62 bits per heavy atom. The van der Waals surface area contributed by atoms with Crippen LogP contribution in [0.3, 0.4) is 0 Å². The molecule has 0 heterocycles. The van der Waals surface area contributed by atoms with Crippen molar-refractivity contribution in [3.63, 3.8) is 0 Å². The molecule has 0 aromatic heterocycles. The maximum absolute atomic E-state index is 5.91. The molecule has 0 saturated heterocycles. The number of hydrogen-bond acceptors (Lipinski definition) is 1. The van der Waals surface area contributed by atoms with Crippen LogP contribution in [-0.4, -0.2) is 17.5 Å². The van der Waals surface area contributed by atoms with Crippen molar-refractivity contribution in [2.24, 2.45) is 5.41 Å². The van der Waals surface area contributed by atoms with E-state index in [1.165, 1.54) is 32.1 Å². The molecule has 2 atom stereocenters. The van der Waals surface area contributed by atoms with Crippen LogP contribution in [0.4, 0.5) is 0 Å². The third kappa shape index (κ3) is 1.56. The van der Waals surface area contributed by atoms with E-state index in [1.54, 1.807) is 0 Å². The highest BCUT2D eigenvalue weighted by atomic mass is 79.9. The zero-order chi connectivity index (χ0) is 9.31. The average molecular weight is 247 g/mol. The Bertz CT molecular complexity index is 175. The summed E-state index contributed by atoms with van der Waals surface area (Å²) in [6, 6.07) is 0. The van der Waals surface area contributed by atoms with E-state index in [9.17, 15) is 0 Å². The lowest BCUT2D eigenvalue weighted by Gasteiger charge is -2.51. The van der Waals surface area contributed by atoms with Gasteiger partial charge in [0.2, 0.25) is 0 Å². The van der Waals surface area contributed by atoms with Gasteiger partial charge in [-0.25, -0.2) is 0 Å². The SMILES string of the molecule is CCCOC1CC(Br)C12CCCC2. The molecule has 0 aromatic rings. The van der Waals surface area contributed by atoms with E-state index in [0.29, 0.717) is 11.5 Å². The van der Waals surface area contributed by atoms with Crippen molar-refractivity contribution in [3.05, 3.63) is 0 Å². The molecule has 2 rings (SSSR count). The Labute approximate surface area is 89.4 Å². The summed E-state index contributed by atoms with van der Waals surface area (Å²) >= 11 is 3.80. The van der Waals surface area contributed by atoms with Crippen LogP contribution in [-0.2, 0) is 4.74 Å². The van der Waals surface area contributed by atoms with Gasteiger partial charge in [-0.05, 0) is 25.7 Å². The first-order valence-electron chi connectivity index (χ1n) is 5.55. The molecule has 2 unspecified atom stereocenters. The van der Waals surface area contributed by atoms with Gasteiger partial charge in [0, 0.05) is 16.8 Å². The van der Waals surface area contributed by atoms with Gasteiger partial charge in [0.1, 0.15) is 0 Å². The largest absolute Gasteiger partial charge is 0.378 e. The molecule has 0 bridgehead atoms. The second-order valence-electron chi connectivity index (χ2n) is 4.50. The van der Waals surface area contributed by atoms with Crippen LogP contribution in [0.1, 0.15) is 45.4 Å². The second kappa shape index (κ2) is 3.90. The van der Waals surface area contributed by atoms with Gasteiger partial charge < -0.3 is 4.74 Å². The summed E-state index contributed by atoms with van der Waals surface area (Å²) in [5.41, 5.74) is 0.537. The van der Waals surface area contributed by atoms with Crippen molar-refractivity contribution in [3.8, 4) is 0 Å². The molecule has 0 radical (unpaired) electrons. The number of ether oxygens (including phenoxy) is 1. The summed E-state index contributed by atoms with van der Waals surface area (Å²) in [4.78, 5) is 0.740. The molecule has 13 heavy (non-hydrogen) atoms. The lowest BCUT2D eigenvalue weighted by Crippen LogP contribution is -2.53. The zero-order valence-corrected chi connectivity index (χ0v) is 9.98. The first kappa shape index (κ1) is 9.97. The van der Waals surface area contributed by atoms with Crippen LogP contribution in [0.15, 0.2) is 0 Å². The molecule has 2 aliphatic rings. The van der Waals surface area contributed by atoms with Gasteiger partial charge in [-0.3, -0.25) is 0 Å². The monoisotopic (exact) mass is 246 g/mol. The van der Waals surface area contributed by atoms with Crippen LogP contribution < -0.4 is 0 Å². The number of rotatable bonds is 3. The standard InChI is InChI=1S/C11H19BrO/c1-2-7-13-10-8-9(12)11(10)5-3-4-6-11/h9-10H,2-8H2,1H3. The molecule has 0 aromatic carbocycles. The van der Waals surface area contributed by atoms with Gasteiger partial charge in [-0.15, -0.1) is 0 Å². The Kier molecular flexibility index (Phi) is 2.99. The topological polar surface area (TPSA) is 9.23 Å². The van der Waals surface area contributed by atoms with E-state index in [0.717, 1.165) is 17.9 Å². The predicted octanol–water partition coefficient (Wildman–Crippen LogP) is 3.51. The molecule has 2 saturated carbocycles. The molecule has 0 N–H and O–H groups in total. The van der Waals surface area contributed by atoms with E-state index in [1.807, 2.05) is 0 Å². The summed E-state index contributed by atoms with van der Waals surface area (Å²) in [5, 5.41) is 0. The fourth-order valence-corrected chi connectivity index (χ4v) is 3.95. The van der Waals surface area contributed by atoms with E-state index < -0.39 is 0 Å². The maximum atomic E-state index is 5.91. The fourth-order valence-electron chi connectivity index (χ4n) is 2.86. The third-order valence-electron chi connectivity index (χ3n) is 3.74. The molecule has 2 heteroatoms. The Hall–Kier alpha value is 0.440. The van der Waals surface area contributed by atoms with Crippen LogP contribution in [0.2, 0.25) is 0 Å². The van der Waals surface area contributed by atoms with Crippen molar-refractivity contribution in [1.29, 1.82) is 0 Å². The van der Waals surface area contributed by atoms with Crippen LogP contribution in [0.25, 0.3) is 0 Å². The van der Waals surface area contributed by atoms with Gasteiger partial charge in [-0.1, -0.05) is 35.7 Å². The minimum Gasteiger partial charge on any atom is -0.378 e. The maximum Gasteiger partial charge on any atom is 0.0652 e. The van der Waals surface area contributed by atoms with Crippen molar-refractivity contribution < 1.29 is 4.74 Å². The van der Waals surface area contributed by atoms with E-state index in [2.05, 4.69) is 22.9 Å². The summed E-state index contributed by atoms with van der Waals surface area (Å²) in [7, 11) is 0. The summed E-state index contributed by atoms with van der Waals surface area (Å²) in [5.74, 6) is 0. The normalized spacial score (nSPS) is 36.5. The fraction of sp³-hybridized carbons (Fsp3) is 1.00. The summed E-state index contributed by atoms with van der Waals surface area (Å²) in [6.45, 7) is 3.14. The average Bonchev–Trinajstić information content (AvgIpc) is 2.63. The summed E-state index contributed by atoms with van der Waals surface area (Å²) < 4.78 is 5.91. The van der Waals surface area contributed by atoms with Crippen LogP contribution in [0, 0.1) is 5.41 Å². The minimum absolute atomic E-state index is 0.537. The van der Waals surface area contributed by atoms with Crippen LogP contribution >= 0.6 is 15.9 Å². The van der Waals surface area contributed by atoms with E-state index in [4.69, 9.17) is 4.74 Å². The molecule has 1 nitrogen and oxygen atoms in total. The molecular weight excluding hydrogens is 228 g/mol. The van der Waals surface area contributed by atoms with E-state index in [-0.39, 0.29) is 0 Å². The highest BCUT2D eigenvalue weighted by Gasteiger charge is 2.55. The molecule has 2 fully saturated rings. The molecular formula is C11H19BrO. The van der Waals surface area contributed by atoms with Gasteiger partial charge in [-0.2, -0.15) is 0 Å². The highest BCUT2D eigenvalue weighted by molar-refractivity contribution is 9.09. The van der Waals surface area contributed by atoms with Gasteiger partial charge in [0.05, 0.1) is 6.10 Å². The second-order valence-corrected chi connectivity index (χ2v) is 5.61. The predicted molar refractivity (Wildman–Crippen MR) is 58.3 cm³/mol. The quantitative estimate of drug-likeness (QED) is 0.693. The van der Waals surface area contributed by atoms with Crippen molar-refractivity contribution >= 4 is 15.9 Å². The number of alkyl halides is 1. The Morgan fingerprint density at radius 1 is 1.38 bits per heavy atom. The number of halogens is 1. The molecule has 2 aliphatic carbocycles. The lowest BCUT2D eigenvalue weighted by molar-refractivity contribution is -0.100. The van der Waals surface area contributed by atoms with Crippen molar-refractivity contribution in [2.45, 2.75) is 56.4 Å². The zero-order valence-electron chi connectivity index (χ0n) is 8.39. The molecule has 0 aliphatic heterocycles. The molecule has 76 valence electrons. The van der Waals surface area contributed by atoms with Crippen molar-refractivity contribution in [1.82, 2.24) is 0 Å². The van der Waals surface area contributed by atoms with Gasteiger partial charge >= 0.3 is 0 Å². The Morgan fingerprint density at radius 2 is 2.08 bits per heavy atom. The molecule has 1 spiro atoms. The smallest absolute Gasteiger partial charge is 0.0652 e. The lowest BCUT2D eigenvalue weighted by atomic mass is 9.64. The third-order valence-corrected chi connectivity index (χ3v) is 5.03. The summed E-state index contributed by atoms with van der Waals surface area (Å²) in [6.07, 6.45) is 8.55. The van der Waals surface area contributed by atoms with Gasteiger partial charge in [0.25, 0.3) is 0 Å². The molecule has 0 amide bonds. The number of hydrogen-bond donors (Lipinski definition) is 0. The minimum atomic E-state index is 0.537. The first-order valence-corrected chi connectivity index (χ1v) is 6.47. The highest BCUT2D eigenvalue weighted by Crippen LogP contribution is 2.57. The first-order chi connectivity index (χ1) is 6.29. The Balaban J connectivity index is 1.91. The van der Waals surface area contributed by atoms with E-state index >= 15 is 0 Å².